The van der Waals surface area contributed by atoms with Gasteiger partial charge in [0.1, 0.15) is 6.61 Å². The third kappa shape index (κ3) is 4.42. The Bertz CT molecular complexity index is 306. The highest BCUT2D eigenvalue weighted by Crippen LogP contribution is 2.00. The molecular weight excluding hydrogens is 178 g/mol. The average molecular weight is 191 g/mol. The number of benzene rings is 1. The lowest BCUT2D eigenvalue weighted by Crippen LogP contribution is -2.17. The van der Waals surface area contributed by atoms with Crippen molar-refractivity contribution < 1.29 is 9.53 Å². The van der Waals surface area contributed by atoms with E-state index in [-0.39, 0.29) is 6.61 Å². The van der Waals surface area contributed by atoms with Crippen molar-refractivity contribution in [3.8, 4) is 0 Å². The van der Waals surface area contributed by atoms with Gasteiger partial charge in [0.25, 0.3) is 0 Å². The van der Waals surface area contributed by atoms with Crippen LogP contribution in [0.2, 0.25) is 0 Å². The van der Waals surface area contributed by atoms with Crippen molar-refractivity contribution in [3.05, 3.63) is 42.0 Å². The Morgan fingerprint density at radius 1 is 1.36 bits per heavy atom. The zero-order chi connectivity index (χ0) is 10.2. The van der Waals surface area contributed by atoms with Gasteiger partial charge in [0.15, 0.2) is 0 Å². The summed E-state index contributed by atoms with van der Waals surface area (Å²) in [5.74, 6) is -0.446. The van der Waals surface area contributed by atoms with Crippen LogP contribution in [0, 0.1) is 0 Å². The third-order valence-corrected chi connectivity index (χ3v) is 1.57. The molecule has 0 bridgehead atoms. The highest BCUT2D eigenvalue weighted by atomic mass is 16.5. The number of hydrogen-bond acceptors (Lipinski definition) is 2. The molecule has 14 heavy (non-hydrogen) atoms. The van der Waals surface area contributed by atoms with Crippen LogP contribution >= 0.6 is 0 Å². The molecule has 0 heterocycles. The first-order valence-electron chi connectivity index (χ1n) is 4.36. The minimum Gasteiger partial charge on any atom is -0.368 e. The van der Waals surface area contributed by atoms with Gasteiger partial charge in [-0.3, -0.25) is 4.79 Å². The number of carbonyl (C=O) groups excluding carboxylic acids is 1. The molecule has 3 nitrogen and oxygen atoms in total. The van der Waals surface area contributed by atoms with Crippen molar-refractivity contribution in [2.75, 3.05) is 13.2 Å². The molecule has 0 atom stereocenters. The Kier molecular flexibility index (Phi) is 4.44. The molecule has 3 heteroatoms. The molecule has 1 aromatic rings. The summed E-state index contributed by atoms with van der Waals surface area (Å²) >= 11 is 0. The van der Waals surface area contributed by atoms with Gasteiger partial charge >= 0.3 is 0 Å². The molecule has 0 saturated heterocycles. The minimum atomic E-state index is -0.446. The predicted molar refractivity (Wildman–Crippen MR) is 55.5 cm³/mol. The zero-order valence-electron chi connectivity index (χ0n) is 7.85. The standard InChI is InChI=1S/C11H13NO2/c12-11(13)9-14-8-4-7-10-5-2-1-3-6-10/h1-7H,8-9H2,(H2,12,13)/b7-4+. The van der Waals surface area contributed by atoms with Gasteiger partial charge in [-0.15, -0.1) is 0 Å². The van der Waals surface area contributed by atoms with Crippen LogP contribution < -0.4 is 5.73 Å². The Morgan fingerprint density at radius 3 is 2.71 bits per heavy atom. The van der Waals surface area contributed by atoms with Crippen LogP contribution in [0.5, 0.6) is 0 Å². The second-order valence-electron chi connectivity index (χ2n) is 2.79. The molecule has 0 aromatic heterocycles. The van der Waals surface area contributed by atoms with E-state index >= 15 is 0 Å². The van der Waals surface area contributed by atoms with Gasteiger partial charge in [0.2, 0.25) is 5.91 Å². The van der Waals surface area contributed by atoms with Gasteiger partial charge < -0.3 is 10.5 Å². The normalized spacial score (nSPS) is 10.6. The lowest BCUT2D eigenvalue weighted by atomic mass is 10.2. The molecular formula is C11H13NO2. The van der Waals surface area contributed by atoms with E-state index in [2.05, 4.69) is 0 Å². The highest BCUT2D eigenvalue weighted by Gasteiger charge is 1.90. The SMILES string of the molecule is NC(=O)COC/C=C/c1ccccc1. The average Bonchev–Trinajstić information content (AvgIpc) is 2.18. The lowest BCUT2D eigenvalue weighted by molar-refractivity contribution is -0.122. The molecule has 2 N–H and O–H groups in total. The van der Waals surface area contributed by atoms with E-state index in [1.165, 1.54) is 0 Å². The maximum atomic E-state index is 10.3. The summed E-state index contributed by atoms with van der Waals surface area (Å²) in [5, 5.41) is 0. The summed E-state index contributed by atoms with van der Waals surface area (Å²) in [6.45, 7) is 0.372. The highest BCUT2D eigenvalue weighted by molar-refractivity contribution is 5.75. The minimum absolute atomic E-state index is 0.0286. The number of primary amides is 1. The topological polar surface area (TPSA) is 52.3 Å². The van der Waals surface area contributed by atoms with E-state index in [0.29, 0.717) is 6.61 Å². The summed E-state index contributed by atoms with van der Waals surface area (Å²) in [4.78, 5) is 10.3. The van der Waals surface area contributed by atoms with Crippen molar-refractivity contribution in [2.24, 2.45) is 5.73 Å². The molecule has 1 rings (SSSR count). The van der Waals surface area contributed by atoms with Crippen molar-refractivity contribution in [1.29, 1.82) is 0 Å². The molecule has 0 radical (unpaired) electrons. The van der Waals surface area contributed by atoms with Crippen molar-refractivity contribution >= 4 is 12.0 Å². The van der Waals surface area contributed by atoms with Crippen LogP contribution in [0.25, 0.3) is 6.08 Å². The molecule has 1 aromatic carbocycles. The van der Waals surface area contributed by atoms with E-state index in [0.717, 1.165) is 5.56 Å². The quantitative estimate of drug-likeness (QED) is 0.711. The third-order valence-electron chi connectivity index (χ3n) is 1.57. The van der Waals surface area contributed by atoms with Crippen molar-refractivity contribution in [3.63, 3.8) is 0 Å². The smallest absolute Gasteiger partial charge is 0.243 e. The fourth-order valence-electron chi connectivity index (χ4n) is 0.976. The van der Waals surface area contributed by atoms with Crippen molar-refractivity contribution in [1.82, 2.24) is 0 Å². The number of carbonyl (C=O) groups is 1. The van der Waals surface area contributed by atoms with Crippen LogP contribution in [-0.4, -0.2) is 19.1 Å². The molecule has 0 saturated carbocycles. The van der Waals surface area contributed by atoms with Gasteiger partial charge in [-0.1, -0.05) is 42.5 Å². The van der Waals surface area contributed by atoms with E-state index in [4.69, 9.17) is 10.5 Å². The van der Waals surface area contributed by atoms with Crippen LogP contribution in [0.15, 0.2) is 36.4 Å². The van der Waals surface area contributed by atoms with Crippen LogP contribution in [0.4, 0.5) is 0 Å². The summed E-state index contributed by atoms with van der Waals surface area (Å²) in [7, 11) is 0. The molecule has 0 aliphatic carbocycles. The van der Waals surface area contributed by atoms with E-state index < -0.39 is 5.91 Å². The molecule has 0 aliphatic rings. The first-order chi connectivity index (χ1) is 6.79. The fraction of sp³-hybridized carbons (Fsp3) is 0.182. The monoisotopic (exact) mass is 191 g/mol. The van der Waals surface area contributed by atoms with Crippen LogP contribution in [0.1, 0.15) is 5.56 Å². The molecule has 1 amide bonds. The largest absolute Gasteiger partial charge is 0.368 e. The number of nitrogens with two attached hydrogens (primary N) is 1. The molecule has 0 fully saturated rings. The summed E-state index contributed by atoms with van der Waals surface area (Å²) in [6, 6.07) is 9.87. The summed E-state index contributed by atoms with van der Waals surface area (Å²) in [5.41, 5.74) is 6.00. The van der Waals surface area contributed by atoms with E-state index in [1.54, 1.807) is 0 Å². The Labute approximate surface area is 83.2 Å². The second kappa shape index (κ2) is 5.94. The van der Waals surface area contributed by atoms with Crippen LogP contribution in [0.3, 0.4) is 0 Å². The molecule has 74 valence electrons. The maximum Gasteiger partial charge on any atom is 0.243 e. The Hall–Kier alpha value is -1.61. The predicted octanol–water partition coefficient (Wildman–Crippen LogP) is 1.20. The summed E-state index contributed by atoms with van der Waals surface area (Å²) in [6.07, 6.45) is 3.78. The van der Waals surface area contributed by atoms with Gasteiger partial charge in [0, 0.05) is 0 Å². The fourth-order valence-corrected chi connectivity index (χ4v) is 0.976. The van der Waals surface area contributed by atoms with Gasteiger partial charge in [-0.2, -0.15) is 0 Å². The van der Waals surface area contributed by atoms with E-state index in [9.17, 15) is 4.79 Å². The van der Waals surface area contributed by atoms with Crippen molar-refractivity contribution in [2.45, 2.75) is 0 Å². The second-order valence-corrected chi connectivity index (χ2v) is 2.79. The molecule has 0 spiro atoms. The first-order valence-corrected chi connectivity index (χ1v) is 4.36. The van der Waals surface area contributed by atoms with Gasteiger partial charge in [-0.25, -0.2) is 0 Å². The van der Waals surface area contributed by atoms with Crippen LogP contribution in [-0.2, 0) is 9.53 Å². The number of ether oxygens (including phenoxy) is 1. The molecule has 0 aliphatic heterocycles. The number of rotatable bonds is 5. The number of amides is 1. The maximum absolute atomic E-state index is 10.3. The summed E-state index contributed by atoms with van der Waals surface area (Å²) < 4.78 is 4.96. The first kappa shape index (κ1) is 10.5. The number of hydrogen-bond donors (Lipinski definition) is 1. The zero-order valence-corrected chi connectivity index (χ0v) is 7.85. The molecule has 0 unspecified atom stereocenters. The van der Waals surface area contributed by atoms with Gasteiger partial charge in [0.05, 0.1) is 6.61 Å². The van der Waals surface area contributed by atoms with Gasteiger partial charge in [-0.05, 0) is 5.56 Å². The van der Waals surface area contributed by atoms with E-state index in [1.807, 2.05) is 42.5 Å². The lowest BCUT2D eigenvalue weighted by Gasteiger charge is -1.95. The Balaban J connectivity index is 2.25. The Morgan fingerprint density at radius 2 is 2.07 bits per heavy atom.